The van der Waals surface area contributed by atoms with Crippen LogP contribution in [0.4, 0.5) is 0 Å². The van der Waals surface area contributed by atoms with Crippen molar-refractivity contribution >= 4 is 11.6 Å². The maximum absolute atomic E-state index is 5.95. The molecular formula is C17H20ClNO2. The molecular weight excluding hydrogens is 286 g/mol. The predicted molar refractivity (Wildman–Crippen MR) is 85.5 cm³/mol. The first-order valence-corrected chi connectivity index (χ1v) is 7.75. The van der Waals surface area contributed by atoms with E-state index in [-0.39, 0.29) is 0 Å². The number of benzene rings is 1. The summed E-state index contributed by atoms with van der Waals surface area (Å²) < 4.78 is 11.5. The summed E-state index contributed by atoms with van der Waals surface area (Å²) in [5.74, 6) is 2.39. The standard InChI is InChI=1S/C17H20ClNO2/c1-3-7-14-10-13(12-18)11-17(19-14)21-16-9-6-5-8-15(16)20-4-2/h5-6,8-11H,3-4,7,12H2,1-2H3. The van der Waals surface area contributed by atoms with E-state index in [1.807, 2.05) is 43.3 Å². The van der Waals surface area contributed by atoms with Gasteiger partial charge in [-0.05, 0) is 37.1 Å². The smallest absolute Gasteiger partial charge is 0.219 e. The lowest BCUT2D eigenvalue weighted by Crippen LogP contribution is -1.98. The Balaban J connectivity index is 2.28. The number of hydrogen-bond acceptors (Lipinski definition) is 3. The van der Waals surface area contributed by atoms with Crippen molar-refractivity contribution in [3.8, 4) is 17.4 Å². The van der Waals surface area contributed by atoms with Gasteiger partial charge in [-0.1, -0.05) is 25.5 Å². The molecule has 0 atom stereocenters. The van der Waals surface area contributed by atoms with Crippen molar-refractivity contribution < 1.29 is 9.47 Å². The molecule has 1 heterocycles. The summed E-state index contributed by atoms with van der Waals surface area (Å²) >= 11 is 5.95. The minimum absolute atomic E-state index is 0.447. The summed E-state index contributed by atoms with van der Waals surface area (Å²) in [6.07, 6.45) is 1.95. The molecule has 112 valence electrons. The molecule has 21 heavy (non-hydrogen) atoms. The number of ether oxygens (including phenoxy) is 2. The Labute approximate surface area is 130 Å². The van der Waals surface area contributed by atoms with E-state index in [1.165, 1.54) is 0 Å². The SMILES string of the molecule is CCCc1cc(CCl)cc(Oc2ccccc2OCC)n1. The van der Waals surface area contributed by atoms with Gasteiger partial charge in [-0.2, -0.15) is 0 Å². The quantitative estimate of drug-likeness (QED) is 0.677. The molecule has 0 saturated heterocycles. The maximum atomic E-state index is 5.95. The lowest BCUT2D eigenvalue weighted by Gasteiger charge is -2.12. The van der Waals surface area contributed by atoms with Gasteiger partial charge in [-0.15, -0.1) is 11.6 Å². The molecule has 1 aromatic carbocycles. The van der Waals surface area contributed by atoms with Crippen LogP contribution < -0.4 is 9.47 Å². The first-order valence-electron chi connectivity index (χ1n) is 7.22. The molecule has 0 aliphatic heterocycles. The first kappa shape index (κ1) is 15.6. The number of alkyl halides is 1. The van der Waals surface area contributed by atoms with Gasteiger partial charge in [-0.25, -0.2) is 4.98 Å². The fourth-order valence-electron chi connectivity index (χ4n) is 2.06. The Morgan fingerprint density at radius 3 is 2.52 bits per heavy atom. The van der Waals surface area contributed by atoms with E-state index >= 15 is 0 Å². The van der Waals surface area contributed by atoms with Crippen molar-refractivity contribution in [3.05, 3.63) is 47.7 Å². The predicted octanol–water partition coefficient (Wildman–Crippen LogP) is 4.96. The van der Waals surface area contributed by atoms with Crippen LogP contribution in [0.15, 0.2) is 36.4 Å². The van der Waals surface area contributed by atoms with Crippen LogP contribution in [0.25, 0.3) is 0 Å². The lowest BCUT2D eigenvalue weighted by atomic mass is 10.2. The van der Waals surface area contributed by atoms with Crippen molar-refractivity contribution in [2.45, 2.75) is 32.6 Å². The first-order chi connectivity index (χ1) is 10.3. The van der Waals surface area contributed by atoms with Gasteiger partial charge in [-0.3, -0.25) is 0 Å². The minimum atomic E-state index is 0.447. The van der Waals surface area contributed by atoms with E-state index in [9.17, 15) is 0 Å². The molecule has 0 amide bonds. The van der Waals surface area contributed by atoms with Crippen LogP contribution in [-0.2, 0) is 12.3 Å². The molecule has 4 heteroatoms. The highest BCUT2D eigenvalue weighted by Gasteiger charge is 2.08. The normalized spacial score (nSPS) is 10.4. The third-order valence-corrected chi connectivity index (χ3v) is 3.25. The number of hydrogen-bond donors (Lipinski definition) is 0. The molecule has 0 bridgehead atoms. The van der Waals surface area contributed by atoms with Crippen LogP contribution in [0, 0.1) is 0 Å². The highest BCUT2D eigenvalue weighted by Crippen LogP contribution is 2.31. The van der Waals surface area contributed by atoms with E-state index in [0.717, 1.165) is 29.8 Å². The summed E-state index contributed by atoms with van der Waals surface area (Å²) in [6, 6.07) is 11.5. The zero-order chi connectivity index (χ0) is 15.1. The summed E-state index contributed by atoms with van der Waals surface area (Å²) in [6.45, 7) is 4.67. The second-order valence-electron chi connectivity index (χ2n) is 4.67. The average molecular weight is 306 g/mol. The number of nitrogens with zero attached hydrogens (tertiary/aromatic N) is 1. The minimum Gasteiger partial charge on any atom is -0.490 e. The summed E-state index contributed by atoms with van der Waals surface area (Å²) in [7, 11) is 0. The number of para-hydroxylation sites is 2. The highest BCUT2D eigenvalue weighted by atomic mass is 35.5. The molecule has 2 aromatic rings. The molecule has 0 radical (unpaired) electrons. The van der Waals surface area contributed by atoms with E-state index in [4.69, 9.17) is 21.1 Å². The number of rotatable bonds is 7. The van der Waals surface area contributed by atoms with Crippen molar-refractivity contribution in [1.82, 2.24) is 4.98 Å². The maximum Gasteiger partial charge on any atom is 0.219 e. The second kappa shape index (κ2) is 7.89. The number of halogens is 1. The summed E-state index contributed by atoms with van der Waals surface area (Å²) in [5.41, 5.74) is 2.01. The molecule has 0 spiro atoms. The number of pyridine rings is 1. The van der Waals surface area contributed by atoms with Crippen molar-refractivity contribution in [1.29, 1.82) is 0 Å². The molecule has 0 N–H and O–H groups in total. The number of aryl methyl sites for hydroxylation is 1. The highest BCUT2D eigenvalue weighted by molar-refractivity contribution is 6.17. The van der Waals surface area contributed by atoms with Gasteiger partial charge >= 0.3 is 0 Å². The third kappa shape index (κ3) is 4.36. The number of aromatic nitrogens is 1. The van der Waals surface area contributed by atoms with Crippen molar-refractivity contribution in [2.75, 3.05) is 6.61 Å². The lowest BCUT2D eigenvalue weighted by molar-refractivity contribution is 0.319. The average Bonchev–Trinajstić information content (AvgIpc) is 2.49. The Morgan fingerprint density at radius 1 is 1.10 bits per heavy atom. The van der Waals surface area contributed by atoms with Gasteiger partial charge in [0.15, 0.2) is 11.5 Å². The topological polar surface area (TPSA) is 31.4 Å². The van der Waals surface area contributed by atoms with Crippen molar-refractivity contribution in [2.24, 2.45) is 0 Å². The molecule has 3 nitrogen and oxygen atoms in total. The molecule has 1 aromatic heterocycles. The van der Waals surface area contributed by atoms with Gasteiger partial charge < -0.3 is 9.47 Å². The van der Waals surface area contributed by atoms with Crippen LogP contribution >= 0.6 is 11.6 Å². The van der Waals surface area contributed by atoms with Gasteiger partial charge in [0, 0.05) is 17.6 Å². The molecule has 0 saturated carbocycles. The van der Waals surface area contributed by atoms with Gasteiger partial charge in [0.2, 0.25) is 5.88 Å². The zero-order valence-corrected chi connectivity index (χ0v) is 13.2. The van der Waals surface area contributed by atoms with Crippen LogP contribution in [-0.4, -0.2) is 11.6 Å². The summed E-state index contributed by atoms with van der Waals surface area (Å²) in [4.78, 5) is 4.53. The van der Waals surface area contributed by atoms with Gasteiger partial charge in [0.05, 0.1) is 6.61 Å². The largest absolute Gasteiger partial charge is 0.490 e. The Hall–Kier alpha value is -1.74. The molecule has 0 fully saturated rings. The molecule has 0 aliphatic carbocycles. The second-order valence-corrected chi connectivity index (χ2v) is 4.94. The van der Waals surface area contributed by atoms with Crippen molar-refractivity contribution in [3.63, 3.8) is 0 Å². The fraction of sp³-hybridized carbons (Fsp3) is 0.353. The Bertz CT molecular complexity index is 587. The summed E-state index contributed by atoms with van der Waals surface area (Å²) in [5, 5.41) is 0. The Morgan fingerprint density at radius 2 is 1.86 bits per heavy atom. The molecule has 0 unspecified atom stereocenters. The van der Waals surface area contributed by atoms with E-state index in [0.29, 0.717) is 24.1 Å². The molecule has 2 rings (SSSR count). The molecule has 0 aliphatic rings. The van der Waals surface area contributed by atoms with E-state index < -0.39 is 0 Å². The zero-order valence-electron chi connectivity index (χ0n) is 12.4. The van der Waals surface area contributed by atoms with Gasteiger partial charge in [0.25, 0.3) is 0 Å². The monoisotopic (exact) mass is 305 g/mol. The van der Waals surface area contributed by atoms with Crippen LogP contribution in [0.3, 0.4) is 0 Å². The van der Waals surface area contributed by atoms with Crippen LogP contribution in [0.1, 0.15) is 31.5 Å². The van der Waals surface area contributed by atoms with Crippen LogP contribution in [0.2, 0.25) is 0 Å². The van der Waals surface area contributed by atoms with Gasteiger partial charge in [0.1, 0.15) is 0 Å². The van der Waals surface area contributed by atoms with Crippen LogP contribution in [0.5, 0.6) is 17.4 Å². The fourth-order valence-corrected chi connectivity index (χ4v) is 2.21. The van der Waals surface area contributed by atoms with E-state index in [1.54, 1.807) is 0 Å². The van der Waals surface area contributed by atoms with E-state index in [2.05, 4.69) is 11.9 Å². The Kier molecular flexibility index (Phi) is 5.88. The third-order valence-electron chi connectivity index (χ3n) is 2.94.